The van der Waals surface area contributed by atoms with Gasteiger partial charge in [-0.1, -0.05) is 12.1 Å². The van der Waals surface area contributed by atoms with Crippen LogP contribution in [-0.2, 0) is 9.53 Å². The molecule has 0 aromatic heterocycles. The van der Waals surface area contributed by atoms with E-state index in [9.17, 15) is 9.59 Å². The first-order valence-corrected chi connectivity index (χ1v) is 9.74. The molecular formula is C21H32N2O4. The fourth-order valence-corrected chi connectivity index (χ4v) is 3.18. The van der Waals surface area contributed by atoms with Crippen LogP contribution >= 0.6 is 0 Å². The SMILES string of the molecule is CCOc1cccc(C(C)NC(=O)[C@H]2CCCCN2C(=O)OC(C)(C)C)c1. The smallest absolute Gasteiger partial charge is 0.410 e. The van der Waals surface area contributed by atoms with E-state index in [1.165, 1.54) is 0 Å². The summed E-state index contributed by atoms with van der Waals surface area (Å²) in [6.45, 7) is 10.5. The molecule has 0 bridgehead atoms. The van der Waals surface area contributed by atoms with Crippen LogP contribution in [0.5, 0.6) is 5.75 Å². The highest BCUT2D eigenvalue weighted by Gasteiger charge is 2.35. The first-order chi connectivity index (χ1) is 12.7. The molecule has 27 heavy (non-hydrogen) atoms. The van der Waals surface area contributed by atoms with E-state index in [0.717, 1.165) is 24.2 Å². The quantitative estimate of drug-likeness (QED) is 0.842. The van der Waals surface area contributed by atoms with Crippen LogP contribution in [0.4, 0.5) is 4.79 Å². The van der Waals surface area contributed by atoms with E-state index in [1.54, 1.807) is 4.90 Å². The summed E-state index contributed by atoms with van der Waals surface area (Å²) in [6, 6.07) is 7.02. The molecule has 1 unspecified atom stereocenters. The lowest BCUT2D eigenvalue weighted by atomic mass is 10.0. The Kier molecular flexibility index (Phi) is 7.11. The van der Waals surface area contributed by atoms with E-state index < -0.39 is 17.7 Å². The van der Waals surface area contributed by atoms with Gasteiger partial charge in [-0.3, -0.25) is 9.69 Å². The summed E-state index contributed by atoms with van der Waals surface area (Å²) in [6.07, 6.45) is 2.03. The molecular weight excluding hydrogens is 344 g/mol. The topological polar surface area (TPSA) is 67.9 Å². The van der Waals surface area contributed by atoms with Crippen molar-refractivity contribution in [3.8, 4) is 5.75 Å². The second-order valence-corrected chi connectivity index (χ2v) is 7.92. The molecule has 1 aliphatic heterocycles. The van der Waals surface area contributed by atoms with E-state index in [4.69, 9.17) is 9.47 Å². The van der Waals surface area contributed by atoms with Crippen molar-refractivity contribution in [2.75, 3.05) is 13.2 Å². The number of likely N-dealkylation sites (tertiary alicyclic amines) is 1. The van der Waals surface area contributed by atoms with Crippen molar-refractivity contribution in [2.24, 2.45) is 0 Å². The van der Waals surface area contributed by atoms with Gasteiger partial charge in [0.25, 0.3) is 0 Å². The van der Waals surface area contributed by atoms with Gasteiger partial charge in [-0.15, -0.1) is 0 Å². The standard InChI is InChI=1S/C21H32N2O4/c1-6-26-17-11-9-10-16(14-17)15(2)22-19(24)18-12-7-8-13-23(18)20(25)27-21(3,4)5/h9-11,14-15,18H,6-8,12-13H2,1-5H3,(H,22,24)/t15?,18-/m1/s1. The van der Waals surface area contributed by atoms with Crippen LogP contribution in [-0.4, -0.2) is 41.7 Å². The van der Waals surface area contributed by atoms with Gasteiger partial charge in [-0.25, -0.2) is 4.79 Å². The van der Waals surface area contributed by atoms with Gasteiger partial charge in [-0.2, -0.15) is 0 Å². The molecule has 1 aromatic carbocycles. The first kappa shape index (κ1) is 21.1. The molecule has 1 aliphatic rings. The molecule has 0 aliphatic carbocycles. The minimum atomic E-state index is -0.581. The van der Waals surface area contributed by atoms with Crippen LogP contribution in [0.25, 0.3) is 0 Å². The summed E-state index contributed by atoms with van der Waals surface area (Å²) >= 11 is 0. The zero-order chi connectivity index (χ0) is 20.0. The minimum Gasteiger partial charge on any atom is -0.494 e. The number of nitrogens with one attached hydrogen (secondary N) is 1. The maximum absolute atomic E-state index is 12.9. The Bertz CT molecular complexity index is 654. The van der Waals surface area contributed by atoms with Crippen LogP contribution in [0.2, 0.25) is 0 Å². The molecule has 2 rings (SSSR count). The Balaban J connectivity index is 2.05. The van der Waals surface area contributed by atoms with Crippen molar-refractivity contribution in [1.82, 2.24) is 10.2 Å². The molecule has 0 spiro atoms. The number of piperidine rings is 1. The number of carbonyl (C=O) groups excluding carboxylic acids is 2. The summed E-state index contributed by atoms with van der Waals surface area (Å²) in [7, 11) is 0. The zero-order valence-corrected chi connectivity index (χ0v) is 17.1. The summed E-state index contributed by atoms with van der Waals surface area (Å²) < 4.78 is 11.0. The van der Waals surface area contributed by atoms with Gasteiger partial charge in [-0.05, 0) is 71.6 Å². The average molecular weight is 376 g/mol. The van der Waals surface area contributed by atoms with Crippen molar-refractivity contribution in [3.05, 3.63) is 29.8 Å². The van der Waals surface area contributed by atoms with Gasteiger partial charge in [0.05, 0.1) is 12.6 Å². The summed E-state index contributed by atoms with van der Waals surface area (Å²) in [5.74, 6) is 0.638. The van der Waals surface area contributed by atoms with Gasteiger partial charge in [0.1, 0.15) is 17.4 Å². The van der Waals surface area contributed by atoms with Crippen LogP contribution in [0.1, 0.15) is 65.5 Å². The molecule has 6 nitrogen and oxygen atoms in total. The highest BCUT2D eigenvalue weighted by Crippen LogP contribution is 2.23. The molecule has 1 aromatic rings. The maximum Gasteiger partial charge on any atom is 0.410 e. The molecule has 0 radical (unpaired) electrons. The van der Waals surface area contributed by atoms with Gasteiger partial charge in [0.15, 0.2) is 0 Å². The highest BCUT2D eigenvalue weighted by atomic mass is 16.6. The van der Waals surface area contributed by atoms with Gasteiger partial charge < -0.3 is 14.8 Å². The minimum absolute atomic E-state index is 0.144. The monoisotopic (exact) mass is 376 g/mol. The Hall–Kier alpha value is -2.24. The fraction of sp³-hybridized carbons (Fsp3) is 0.619. The second-order valence-electron chi connectivity index (χ2n) is 7.92. The Labute approximate surface area is 162 Å². The van der Waals surface area contributed by atoms with Gasteiger partial charge in [0, 0.05) is 6.54 Å². The van der Waals surface area contributed by atoms with Crippen molar-refractivity contribution in [3.63, 3.8) is 0 Å². The third-order valence-corrected chi connectivity index (χ3v) is 4.46. The molecule has 1 saturated heterocycles. The molecule has 1 N–H and O–H groups in total. The maximum atomic E-state index is 12.9. The number of amides is 2. The van der Waals surface area contributed by atoms with Crippen LogP contribution in [0.15, 0.2) is 24.3 Å². The Morgan fingerprint density at radius 2 is 2.04 bits per heavy atom. The molecule has 1 heterocycles. The lowest BCUT2D eigenvalue weighted by molar-refractivity contribution is -0.128. The van der Waals surface area contributed by atoms with E-state index in [2.05, 4.69) is 5.32 Å². The van der Waals surface area contributed by atoms with Gasteiger partial charge >= 0.3 is 6.09 Å². The molecule has 1 fully saturated rings. The zero-order valence-electron chi connectivity index (χ0n) is 17.1. The lowest BCUT2D eigenvalue weighted by Crippen LogP contribution is -2.53. The van der Waals surface area contributed by atoms with Crippen LogP contribution < -0.4 is 10.1 Å². The average Bonchev–Trinajstić information content (AvgIpc) is 2.60. The first-order valence-electron chi connectivity index (χ1n) is 9.74. The van der Waals surface area contributed by atoms with Crippen molar-refractivity contribution < 1.29 is 19.1 Å². The summed E-state index contributed by atoms with van der Waals surface area (Å²) in [5, 5.41) is 3.04. The van der Waals surface area contributed by atoms with Crippen molar-refractivity contribution in [2.45, 2.75) is 71.6 Å². The number of carbonyl (C=O) groups is 2. The molecule has 6 heteroatoms. The highest BCUT2D eigenvalue weighted by molar-refractivity contribution is 5.86. The van der Waals surface area contributed by atoms with E-state index in [1.807, 2.05) is 58.9 Å². The fourth-order valence-electron chi connectivity index (χ4n) is 3.18. The number of rotatable bonds is 5. The van der Waals surface area contributed by atoms with Crippen LogP contribution in [0, 0.1) is 0 Å². The number of nitrogens with zero attached hydrogens (tertiary/aromatic N) is 1. The number of hydrogen-bond donors (Lipinski definition) is 1. The largest absolute Gasteiger partial charge is 0.494 e. The van der Waals surface area contributed by atoms with Crippen molar-refractivity contribution in [1.29, 1.82) is 0 Å². The molecule has 2 amide bonds. The Morgan fingerprint density at radius 1 is 1.30 bits per heavy atom. The molecule has 0 saturated carbocycles. The molecule has 150 valence electrons. The van der Waals surface area contributed by atoms with E-state index in [0.29, 0.717) is 19.6 Å². The Morgan fingerprint density at radius 3 is 2.70 bits per heavy atom. The summed E-state index contributed by atoms with van der Waals surface area (Å²) in [4.78, 5) is 27.0. The third kappa shape index (κ3) is 6.15. The van der Waals surface area contributed by atoms with E-state index in [-0.39, 0.29) is 11.9 Å². The predicted molar refractivity (Wildman–Crippen MR) is 105 cm³/mol. The number of ether oxygens (including phenoxy) is 2. The number of benzene rings is 1. The van der Waals surface area contributed by atoms with E-state index >= 15 is 0 Å². The van der Waals surface area contributed by atoms with Crippen molar-refractivity contribution >= 4 is 12.0 Å². The molecule has 2 atom stereocenters. The van der Waals surface area contributed by atoms with Gasteiger partial charge in [0.2, 0.25) is 5.91 Å². The van der Waals surface area contributed by atoms with Crippen LogP contribution in [0.3, 0.4) is 0 Å². The second kappa shape index (κ2) is 9.11. The summed E-state index contributed by atoms with van der Waals surface area (Å²) in [5.41, 5.74) is 0.386. The third-order valence-electron chi connectivity index (χ3n) is 4.46. The normalized spacial score (nSPS) is 18.6. The number of hydrogen-bond acceptors (Lipinski definition) is 4. The lowest BCUT2D eigenvalue weighted by Gasteiger charge is -2.36. The predicted octanol–water partition coefficient (Wildman–Crippen LogP) is 4.05.